The van der Waals surface area contributed by atoms with Crippen LogP contribution in [-0.2, 0) is 26.2 Å². The summed E-state index contributed by atoms with van der Waals surface area (Å²) in [7, 11) is -4.14. The number of nitrogens with one attached hydrogen (secondary N) is 1. The number of anilines is 1. The van der Waals surface area contributed by atoms with Crippen molar-refractivity contribution < 1.29 is 22.7 Å². The molecule has 0 radical (unpaired) electrons. The van der Waals surface area contributed by atoms with Crippen LogP contribution in [0.2, 0.25) is 5.02 Å². The Morgan fingerprint density at radius 1 is 0.976 bits per heavy atom. The largest absolute Gasteiger partial charge is 0.494 e. The van der Waals surface area contributed by atoms with E-state index in [0.717, 1.165) is 30.0 Å². The lowest BCUT2D eigenvalue weighted by molar-refractivity contribution is -0.139. The fourth-order valence-corrected chi connectivity index (χ4v) is 6.54. The molecule has 10 heteroatoms. The van der Waals surface area contributed by atoms with Gasteiger partial charge in [0.15, 0.2) is 0 Å². The molecule has 0 aromatic heterocycles. The first kappa shape index (κ1) is 30.4. The third-order valence-electron chi connectivity index (χ3n) is 7.21. The molecule has 0 spiro atoms. The highest BCUT2D eigenvalue weighted by Crippen LogP contribution is 2.27. The topological polar surface area (TPSA) is 96.0 Å². The molecule has 1 unspecified atom stereocenters. The lowest BCUT2D eigenvalue weighted by Gasteiger charge is -2.32. The van der Waals surface area contributed by atoms with Gasteiger partial charge in [0, 0.05) is 17.6 Å². The average Bonchev–Trinajstić information content (AvgIpc) is 3.49. The SMILES string of the molecule is CCOc1ccc(N(CC(=O)N(Cc2ccccc2Cl)C(C)C(=O)NC2CCCC2)S(=O)(=O)c2ccccc2)cc1. The Morgan fingerprint density at radius 3 is 2.24 bits per heavy atom. The molecule has 0 aliphatic heterocycles. The molecular formula is C31H36ClN3O5S. The summed E-state index contributed by atoms with van der Waals surface area (Å²) < 4.78 is 34.3. The Hall–Kier alpha value is -3.56. The maximum absolute atomic E-state index is 14.0. The van der Waals surface area contributed by atoms with Gasteiger partial charge in [0.05, 0.1) is 17.2 Å². The molecule has 0 saturated heterocycles. The Balaban J connectivity index is 1.68. The second-order valence-corrected chi connectivity index (χ2v) is 12.3. The third kappa shape index (κ3) is 7.59. The summed E-state index contributed by atoms with van der Waals surface area (Å²) >= 11 is 6.43. The minimum atomic E-state index is -4.14. The van der Waals surface area contributed by atoms with E-state index in [-0.39, 0.29) is 23.4 Å². The van der Waals surface area contributed by atoms with E-state index in [0.29, 0.717) is 28.6 Å². The first-order chi connectivity index (χ1) is 19.7. The number of hydrogen-bond acceptors (Lipinski definition) is 5. The van der Waals surface area contributed by atoms with Gasteiger partial charge in [-0.05, 0) is 74.7 Å². The van der Waals surface area contributed by atoms with E-state index in [1.165, 1.54) is 17.0 Å². The van der Waals surface area contributed by atoms with E-state index < -0.39 is 28.5 Å². The first-order valence-corrected chi connectivity index (χ1v) is 15.7. The summed E-state index contributed by atoms with van der Waals surface area (Å²) in [5.41, 5.74) is 0.952. The van der Waals surface area contributed by atoms with E-state index in [1.807, 2.05) is 6.92 Å². The van der Waals surface area contributed by atoms with Gasteiger partial charge in [-0.25, -0.2) is 8.42 Å². The average molecular weight is 598 g/mol. The summed E-state index contributed by atoms with van der Waals surface area (Å²) in [6.45, 7) is 3.50. The molecule has 1 N–H and O–H groups in total. The Morgan fingerprint density at radius 2 is 1.61 bits per heavy atom. The normalized spacial score (nSPS) is 14.3. The standard InChI is InChI=1S/C31H36ClN3O5S/c1-3-40-27-19-17-26(18-20-27)35(41(38,39)28-14-5-4-6-15-28)22-30(36)34(21-24-11-7-10-16-29(24)32)23(2)31(37)33-25-12-8-9-13-25/h4-7,10-11,14-20,23,25H,3,8-9,12-13,21-22H2,1-2H3,(H,33,37). The van der Waals surface area contributed by atoms with Crippen molar-refractivity contribution in [2.45, 2.75) is 63.1 Å². The zero-order chi connectivity index (χ0) is 29.4. The zero-order valence-electron chi connectivity index (χ0n) is 23.3. The van der Waals surface area contributed by atoms with Crippen LogP contribution in [0.3, 0.4) is 0 Å². The zero-order valence-corrected chi connectivity index (χ0v) is 24.9. The minimum Gasteiger partial charge on any atom is -0.494 e. The van der Waals surface area contributed by atoms with E-state index in [2.05, 4.69) is 5.32 Å². The van der Waals surface area contributed by atoms with Gasteiger partial charge < -0.3 is 15.0 Å². The number of carbonyl (C=O) groups excluding carboxylic acids is 2. The monoisotopic (exact) mass is 597 g/mol. The molecule has 0 heterocycles. The van der Waals surface area contributed by atoms with Crippen LogP contribution in [-0.4, -0.2) is 50.4 Å². The van der Waals surface area contributed by atoms with Crippen molar-refractivity contribution in [3.05, 3.63) is 89.4 Å². The number of carbonyl (C=O) groups is 2. The lowest BCUT2D eigenvalue weighted by atomic mass is 10.1. The molecule has 4 rings (SSSR count). The van der Waals surface area contributed by atoms with Gasteiger partial charge in [-0.3, -0.25) is 13.9 Å². The lowest BCUT2D eigenvalue weighted by Crippen LogP contribution is -2.52. The van der Waals surface area contributed by atoms with Gasteiger partial charge in [0.2, 0.25) is 11.8 Å². The molecule has 1 atom stereocenters. The molecule has 1 aliphatic carbocycles. The molecule has 218 valence electrons. The number of benzene rings is 3. The van der Waals surface area contributed by atoms with Crippen LogP contribution in [0.5, 0.6) is 5.75 Å². The Labute approximate surface area is 247 Å². The summed E-state index contributed by atoms with van der Waals surface area (Å²) in [4.78, 5) is 28.8. The van der Waals surface area contributed by atoms with E-state index in [1.54, 1.807) is 73.7 Å². The summed E-state index contributed by atoms with van der Waals surface area (Å²) in [6, 6.07) is 20.8. The molecule has 2 amide bonds. The number of hydrogen-bond donors (Lipinski definition) is 1. The van der Waals surface area contributed by atoms with Gasteiger partial charge in [-0.15, -0.1) is 0 Å². The van der Waals surface area contributed by atoms with Crippen LogP contribution in [0, 0.1) is 0 Å². The smallest absolute Gasteiger partial charge is 0.264 e. The molecule has 1 aliphatic rings. The molecule has 41 heavy (non-hydrogen) atoms. The number of ether oxygens (including phenoxy) is 1. The molecule has 3 aromatic carbocycles. The number of rotatable bonds is 12. The van der Waals surface area contributed by atoms with Crippen LogP contribution >= 0.6 is 11.6 Å². The summed E-state index contributed by atoms with van der Waals surface area (Å²) in [5, 5.41) is 3.51. The highest BCUT2D eigenvalue weighted by Gasteiger charge is 2.33. The van der Waals surface area contributed by atoms with Crippen molar-refractivity contribution in [3.63, 3.8) is 0 Å². The number of sulfonamides is 1. The molecule has 1 saturated carbocycles. The molecule has 3 aromatic rings. The number of nitrogens with zero attached hydrogens (tertiary/aromatic N) is 2. The second kappa shape index (κ2) is 13.9. The van der Waals surface area contributed by atoms with Crippen LogP contribution in [0.4, 0.5) is 5.69 Å². The van der Waals surface area contributed by atoms with Crippen LogP contribution < -0.4 is 14.4 Å². The van der Waals surface area contributed by atoms with Crippen molar-refractivity contribution in [3.8, 4) is 5.75 Å². The van der Waals surface area contributed by atoms with Gasteiger partial charge in [0.1, 0.15) is 18.3 Å². The van der Waals surface area contributed by atoms with Crippen molar-refractivity contribution in [1.29, 1.82) is 0 Å². The predicted octanol–water partition coefficient (Wildman–Crippen LogP) is 5.41. The molecule has 1 fully saturated rings. The van der Waals surface area contributed by atoms with Crippen LogP contribution in [0.15, 0.2) is 83.8 Å². The predicted molar refractivity (Wildman–Crippen MR) is 160 cm³/mol. The highest BCUT2D eigenvalue weighted by atomic mass is 35.5. The fourth-order valence-electron chi connectivity index (χ4n) is 4.91. The molecule has 0 bridgehead atoms. The number of halogens is 1. The quantitative estimate of drug-likeness (QED) is 0.301. The van der Waals surface area contributed by atoms with Gasteiger partial charge >= 0.3 is 0 Å². The fraction of sp³-hybridized carbons (Fsp3) is 0.355. The van der Waals surface area contributed by atoms with Crippen molar-refractivity contribution in [2.75, 3.05) is 17.5 Å². The van der Waals surface area contributed by atoms with Crippen molar-refractivity contribution in [1.82, 2.24) is 10.2 Å². The summed E-state index contributed by atoms with van der Waals surface area (Å²) in [6.07, 6.45) is 3.90. The van der Waals surface area contributed by atoms with Gasteiger partial charge in [-0.2, -0.15) is 0 Å². The molecule has 8 nitrogen and oxygen atoms in total. The number of amides is 2. The maximum Gasteiger partial charge on any atom is 0.264 e. The summed E-state index contributed by atoms with van der Waals surface area (Å²) in [5.74, 6) is -0.236. The van der Waals surface area contributed by atoms with Crippen molar-refractivity contribution in [2.24, 2.45) is 0 Å². The maximum atomic E-state index is 14.0. The second-order valence-electron chi connectivity index (χ2n) is 10.0. The van der Waals surface area contributed by atoms with Gasteiger partial charge in [-0.1, -0.05) is 60.8 Å². The Bertz CT molecular complexity index is 1430. The highest BCUT2D eigenvalue weighted by molar-refractivity contribution is 7.92. The van der Waals surface area contributed by atoms with E-state index in [9.17, 15) is 18.0 Å². The molecular weight excluding hydrogens is 562 g/mol. The van der Waals surface area contributed by atoms with Crippen LogP contribution in [0.25, 0.3) is 0 Å². The Kier molecular flexibility index (Phi) is 10.3. The minimum absolute atomic E-state index is 0.0419. The first-order valence-electron chi connectivity index (χ1n) is 13.8. The van der Waals surface area contributed by atoms with E-state index in [4.69, 9.17) is 16.3 Å². The third-order valence-corrected chi connectivity index (χ3v) is 9.37. The van der Waals surface area contributed by atoms with Gasteiger partial charge in [0.25, 0.3) is 10.0 Å². The van der Waals surface area contributed by atoms with Crippen LogP contribution in [0.1, 0.15) is 45.1 Å². The van der Waals surface area contributed by atoms with E-state index >= 15 is 0 Å². The van der Waals surface area contributed by atoms with Crippen molar-refractivity contribution >= 4 is 39.1 Å².